The molecular weight excluding hydrogens is 445 g/mol. The van der Waals surface area contributed by atoms with E-state index in [0.717, 1.165) is 64.6 Å². The number of carbonyl (C=O) groups is 1. The van der Waals surface area contributed by atoms with Crippen LogP contribution in [0.3, 0.4) is 0 Å². The van der Waals surface area contributed by atoms with Gasteiger partial charge in [0.2, 0.25) is 0 Å². The molecule has 0 saturated carbocycles. The van der Waals surface area contributed by atoms with Crippen molar-refractivity contribution in [2.45, 2.75) is 25.4 Å². The number of piperidine rings is 1. The minimum atomic E-state index is -0.365. The van der Waals surface area contributed by atoms with E-state index >= 15 is 0 Å². The molecule has 0 spiro atoms. The second kappa shape index (κ2) is 10.9. The average Bonchev–Trinajstić information content (AvgIpc) is 2.91. The first kappa shape index (κ1) is 23.4. The highest BCUT2D eigenvalue weighted by Crippen LogP contribution is 2.24. The van der Waals surface area contributed by atoms with E-state index in [4.69, 9.17) is 4.74 Å². The van der Waals surface area contributed by atoms with Gasteiger partial charge >= 0.3 is 0 Å². The molecule has 2 fully saturated rings. The van der Waals surface area contributed by atoms with Gasteiger partial charge < -0.3 is 15.0 Å². The zero-order chi connectivity index (χ0) is 24.0. The quantitative estimate of drug-likeness (QED) is 0.588. The Morgan fingerprint density at radius 2 is 1.89 bits per heavy atom. The second-order valence-corrected chi connectivity index (χ2v) is 9.08. The number of nitrogens with one attached hydrogen (secondary N) is 1. The molecule has 0 bridgehead atoms. The molecular formula is C27H30FN5O2. The minimum absolute atomic E-state index is 0.104. The Balaban J connectivity index is 1.12. The molecule has 182 valence electrons. The fourth-order valence-corrected chi connectivity index (χ4v) is 4.66. The Kier molecular flexibility index (Phi) is 7.30. The fraction of sp³-hybridized carbons (Fsp3) is 0.370. The van der Waals surface area contributed by atoms with Crippen molar-refractivity contribution in [3.8, 4) is 11.1 Å². The summed E-state index contributed by atoms with van der Waals surface area (Å²) in [6, 6.07) is 12.4. The number of nitrogens with zero attached hydrogens (tertiary/aromatic N) is 4. The summed E-state index contributed by atoms with van der Waals surface area (Å²) in [5.74, 6) is 0.470. The second-order valence-electron chi connectivity index (χ2n) is 9.08. The summed E-state index contributed by atoms with van der Waals surface area (Å²) in [6.45, 7) is 5.93. The van der Waals surface area contributed by atoms with Gasteiger partial charge in [0.1, 0.15) is 11.6 Å². The molecule has 35 heavy (non-hydrogen) atoms. The molecule has 2 saturated heterocycles. The van der Waals surface area contributed by atoms with Gasteiger partial charge in [-0.1, -0.05) is 12.1 Å². The lowest BCUT2D eigenvalue weighted by atomic mass is 10.0. The molecule has 2 aliphatic heterocycles. The lowest BCUT2D eigenvalue weighted by Gasteiger charge is -2.32. The summed E-state index contributed by atoms with van der Waals surface area (Å²) < 4.78 is 19.8. The van der Waals surface area contributed by atoms with Crippen LogP contribution in [0.15, 0.2) is 61.1 Å². The third-order valence-corrected chi connectivity index (χ3v) is 6.67. The number of ether oxygens (including phenoxy) is 1. The molecule has 4 heterocycles. The molecule has 7 nitrogen and oxygen atoms in total. The molecule has 5 rings (SSSR count). The molecule has 0 radical (unpaired) electrons. The molecule has 2 aliphatic rings. The molecule has 0 atom stereocenters. The van der Waals surface area contributed by atoms with Crippen LogP contribution in [0.5, 0.6) is 0 Å². The van der Waals surface area contributed by atoms with Gasteiger partial charge in [-0.2, -0.15) is 0 Å². The molecule has 0 unspecified atom stereocenters. The number of likely N-dealkylation sites (tertiary alicyclic amines) is 1. The number of halogens is 1. The van der Waals surface area contributed by atoms with Crippen molar-refractivity contribution >= 4 is 11.7 Å². The molecule has 1 amide bonds. The van der Waals surface area contributed by atoms with E-state index in [2.05, 4.69) is 37.2 Å². The highest BCUT2D eigenvalue weighted by molar-refractivity contribution is 5.95. The van der Waals surface area contributed by atoms with Gasteiger partial charge in [-0.05, 0) is 48.7 Å². The van der Waals surface area contributed by atoms with Crippen LogP contribution in [-0.2, 0) is 11.3 Å². The summed E-state index contributed by atoms with van der Waals surface area (Å²) in [4.78, 5) is 26.2. The lowest BCUT2D eigenvalue weighted by molar-refractivity contribution is 0.0909. The summed E-state index contributed by atoms with van der Waals surface area (Å²) in [7, 11) is 0. The predicted molar refractivity (Wildman–Crippen MR) is 133 cm³/mol. The zero-order valence-electron chi connectivity index (χ0n) is 19.7. The van der Waals surface area contributed by atoms with E-state index in [-0.39, 0.29) is 17.8 Å². The summed E-state index contributed by atoms with van der Waals surface area (Å²) in [5, 5.41) is 3.13. The number of aromatic nitrogens is 2. The van der Waals surface area contributed by atoms with Crippen LogP contribution in [0, 0.1) is 5.82 Å². The Hall–Kier alpha value is -3.36. The third-order valence-electron chi connectivity index (χ3n) is 6.67. The summed E-state index contributed by atoms with van der Waals surface area (Å²) >= 11 is 0. The Morgan fingerprint density at radius 3 is 2.60 bits per heavy atom. The number of rotatable bonds is 6. The van der Waals surface area contributed by atoms with E-state index in [1.807, 2.05) is 6.20 Å². The van der Waals surface area contributed by atoms with E-state index in [1.54, 1.807) is 30.6 Å². The number of morpholine rings is 1. The summed E-state index contributed by atoms with van der Waals surface area (Å²) in [5.41, 5.74) is 2.69. The number of benzene rings is 1. The maximum atomic E-state index is 14.3. The van der Waals surface area contributed by atoms with Gasteiger partial charge in [0.15, 0.2) is 0 Å². The van der Waals surface area contributed by atoms with Gasteiger partial charge in [-0.3, -0.25) is 14.7 Å². The lowest BCUT2D eigenvalue weighted by Crippen LogP contribution is -2.44. The number of hydrogen-bond acceptors (Lipinski definition) is 6. The van der Waals surface area contributed by atoms with Gasteiger partial charge in [0, 0.05) is 74.0 Å². The molecule has 0 aliphatic carbocycles. The number of amides is 1. The topological polar surface area (TPSA) is 70.6 Å². The van der Waals surface area contributed by atoms with Crippen molar-refractivity contribution in [3.63, 3.8) is 0 Å². The van der Waals surface area contributed by atoms with Crippen LogP contribution >= 0.6 is 0 Å². The van der Waals surface area contributed by atoms with Crippen LogP contribution in [0.2, 0.25) is 0 Å². The van der Waals surface area contributed by atoms with Crippen molar-refractivity contribution in [1.29, 1.82) is 0 Å². The maximum Gasteiger partial charge on any atom is 0.251 e. The highest BCUT2D eigenvalue weighted by atomic mass is 19.1. The first-order chi connectivity index (χ1) is 17.2. The van der Waals surface area contributed by atoms with Gasteiger partial charge in [0.05, 0.1) is 13.2 Å². The summed E-state index contributed by atoms with van der Waals surface area (Å²) in [6.07, 6.45) is 6.96. The molecule has 8 heteroatoms. The maximum absolute atomic E-state index is 14.3. The van der Waals surface area contributed by atoms with Crippen LogP contribution in [-0.4, -0.2) is 66.2 Å². The largest absolute Gasteiger partial charge is 0.378 e. The SMILES string of the molecule is O=C(NC1CCN(Cc2ccc(N3CCOCC3)nc2)CC1)c1ccc(F)c(-c2cccnc2)c1. The van der Waals surface area contributed by atoms with E-state index in [9.17, 15) is 9.18 Å². The number of anilines is 1. The van der Waals surface area contributed by atoms with Crippen molar-refractivity contribution in [2.24, 2.45) is 0 Å². The fourth-order valence-electron chi connectivity index (χ4n) is 4.66. The number of carbonyl (C=O) groups excluding carboxylic acids is 1. The van der Waals surface area contributed by atoms with Crippen LogP contribution in [0.1, 0.15) is 28.8 Å². The molecule has 1 N–H and O–H groups in total. The normalized spacial score (nSPS) is 17.3. The van der Waals surface area contributed by atoms with Gasteiger partial charge in [-0.25, -0.2) is 9.37 Å². The predicted octanol–water partition coefficient (Wildman–Crippen LogP) is 3.51. The Labute approximate surface area is 204 Å². The smallest absolute Gasteiger partial charge is 0.251 e. The molecule has 3 aromatic rings. The van der Waals surface area contributed by atoms with Crippen LogP contribution < -0.4 is 10.2 Å². The minimum Gasteiger partial charge on any atom is -0.378 e. The van der Waals surface area contributed by atoms with Gasteiger partial charge in [-0.15, -0.1) is 0 Å². The first-order valence-corrected chi connectivity index (χ1v) is 12.2. The molecule has 1 aromatic carbocycles. The van der Waals surface area contributed by atoms with Crippen LogP contribution in [0.4, 0.5) is 10.2 Å². The third kappa shape index (κ3) is 5.83. The first-order valence-electron chi connectivity index (χ1n) is 12.2. The van der Waals surface area contributed by atoms with Crippen molar-refractivity contribution in [3.05, 3.63) is 78.0 Å². The van der Waals surface area contributed by atoms with Crippen molar-refractivity contribution in [2.75, 3.05) is 44.3 Å². The average molecular weight is 476 g/mol. The molecule has 2 aromatic heterocycles. The van der Waals surface area contributed by atoms with Crippen LogP contribution in [0.25, 0.3) is 11.1 Å². The Morgan fingerprint density at radius 1 is 1.06 bits per heavy atom. The zero-order valence-corrected chi connectivity index (χ0v) is 19.7. The van der Waals surface area contributed by atoms with Crippen molar-refractivity contribution < 1.29 is 13.9 Å². The van der Waals surface area contributed by atoms with E-state index in [1.165, 1.54) is 17.7 Å². The number of hydrogen-bond donors (Lipinski definition) is 1. The van der Waals surface area contributed by atoms with E-state index < -0.39 is 0 Å². The number of pyridine rings is 2. The highest BCUT2D eigenvalue weighted by Gasteiger charge is 2.22. The monoisotopic (exact) mass is 475 g/mol. The Bertz CT molecular complexity index is 1130. The van der Waals surface area contributed by atoms with Gasteiger partial charge in [0.25, 0.3) is 5.91 Å². The van der Waals surface area contributed by atoms with E-state index in [0.29, 0.717) is 16.7 Å². The standard InChI is InChI=1S/C27H30FN5O2/c28-25-5-4-21(16-24(25)22-2-1-9-29-18-22)27(34)31-23-7-10-32(11-8-23)19-20-3-6-26(30-17-20)33-12-14-35-15-13-33/h1-6,9,16-18,23H,7-8,10-15,19H2,(H,31,34). The van der Waals surface area contributed by atoms with Crippen molar-refractivity contribution in [1.82, 2.24) is 20.2 Å².